The summed E-state index contributed by atoms with van der Waals surface area (Å²) >= 11 is 4.96. The molecule has 0 radical (unpaired) electrons. The number of rotatable bonds is 7. The SMILES string of the molecule is CCn1c(CSc2nc3ccccc3s2)nnc1SCc1cccc(F)c1. The first-order chi connectivity index (χ1) is 13.2. The fraction of sp³-hybridized carbons (Fsp3) is 0.211. The molecule has 2 heterocycles. The lowest BCUT2D eigenvalue weighted by Crippen LogP contribution is -2.02. The standard InChI is InChI=1S/C19H17FN4S3/c1-2-24-17(12-26-19-21-15-8-3-4-9-16(15)27-19)22-23-18(24)25-11-13-6-5-7-14(20)10-13/h3-10H,2,11-12H2,1H3. The first-order valence-electron chi connectivity index (χ1n) is 8.50. The summed E-state index contributed by atoms with van der Waals surface area (Å²) in [4.78, 5) is 4.66. The highest BCUT2D eigenvalue weighted by Gasteiger charge is 2.13. The van der Waals surface area contributed by atoms with Crippen LogP contribution in [0.5, 0.6) is 0 Å². The molecule has 0 aliphatic heterocycles. The molecule has 2 aromatic heterocycles. The zero-order chi connectivity index (χ0) is 18.6. The van der Waals surface area contributed by atoms with Crippen LogP contribution >= 0.6 is 34.9 Å². The van der Waals surface area contributed by atoms with E-state index < -0.39 is 0 Å². The molecule has 0 atom stereocenters. The smallest absolute Gasteiger partial charge is 0.191 e. The second-order valence-electron chi connectivity index (χ2n) is 5.80. The number of thioether (sulfide) groups is 2. The maximum Gasteiger partial charge on any atom is 0.191 e. The van der Waals surface area contributed by atoms with Crippen molar-refractivity contribution in [3.63, 3.8) is 0 Å². The van der Waals surface area contributed by atoms with Gasteiger partial charge in [-0.15, -0.1) is 21.5 Å². The Morgan fingerprint density at radius 2 is 1.93 bits per heavy atom. The lowest BCUT2D eigenvalue weighted by Gasteiger charge is -2.06. The number of aromatic nitrogens is 4. The third-order valence-electron chi connectivity index (χ3n) is 3.97. The number of thiazole rings is 1. The van der Waals surface area contributed by atoms with Crippen LogP contribution < -0.4 is 0 Å². The van der Waals surface area contributed by atoms with E-state index in [-0.39, 0.29) is 5.82 Å². The highest BCUT2D eigenvalue weighted by Crippen LogP contribution is 2.32. The van der Waals surface area contributed by atoms with E-state index in [0.717, 1.165) is 38.7 Å². The lowest BCUT2D eigenvalue weighted by molar-refractivity contribution is 0.626. The summed E-state index contributed by atoms with van der Waals surface area (Å²) in [5, 5.41) is 9.55. The average Bonchev–Trinajstić information content (AvgIpc) is 3.27. The quantitative estimate of drug-likeness (QED) is 0.365. The largest absolute Gasteiger partial charge is 0.306 e. The van der Waals surface area contributed by atoms with Crippen molar-refractivity contribution in [2.75, 3.05) is 0 Å². The van der Waals surface area contributed by atoms with E-state index in [1.165, 1.54) is 10.8 Å². The minimum absolute atomic E-state index is 0.210. The van der Waals surface area contributed by atoms with Gasteiger partial charge < -0.3 is 4.57 Å². The van der Waals surface area contributed by atoms with Crippen LogP contribution in [0.4, 0.5) is 4.39 Å². The van der Waals surface area contributed by atoms with Gasteiger partial charge in [-0.3, -0.25) is 0 Å². The minimum Gasteiger partial charge on any atom is -0.306 e. The van der Waals surface area contributed by atoms with E-state index in [0.29, 0.717) is 5.75 Å². The van der Waals surface area contributed by atoms with Crippen LogP contribution in [0, 0.1) is 5.82 Å². The van der Waals surface area contributed by atoms with E-state index in [2.05, 4.69) is 32.7 Å². The molecule has 4 nitrogen and oxygen atoms in total. The van der Waals surface area contributed by atoms with Crippen molar-refractivity contribution >= 4 is 45.1 Å². The van der Waals surface area contributed by atoms with Crippen LogP contribution in [0.3, 0.4) is 0 Å². The molecule has 0 N–H and O–H groups in total. The van der Waals surface area contributed by atoms with Gasteiger partial charge in [-0.1, -0.05) is 47.8 Å². The van der Waals surface area contributed by atoms with Crippen LogP contribution in [0.15, 0.2) is 58.0 Å². The lowest BCUT2D eigenvalue weighted by atomic mass is 10.2. The van der Waals surface area contributed by atoms with E-state index in [9.17, 15) is 4.39 Å². The Labute approximate surface area is 169 Å². The second kappa shape index (κ2) is 8.41. The highest BCUT2D eigenvalue weighted by molar-refractivity contribution is 8.00. The van der Waals surface area contributed by atoms with Gasteiger partial charge in [0.2, 0.25) is 0 Å². The summed E-state index contributed by atoms with van der Waals surface area (Å²) in [7, 11) is 0. The van der Waals surface area contributed by atoms with Gasteiger partial charge >= 0.3 is 0 Å². The van der Waals surface area contributed by atoms with Crippen LogP contribution in [0.25, 0.3) is 10.2 Å². The summed E-state index contributed by atoms with van der Waals surface area (Å²) in [5.41, 5.74) is 1.98. The zero-order valence-corrected chi connectivity index (χ0v) is 17.1. The summed E-state index contributed by atoms with van der Waals surface area (Å²) in [6.45, 7) is 2.88. The summed E-state index contributed by atoms with van der Waals surface area (Å²) in [5.74, 6) is 2.11. The first-order valence-corrected chi connectivity index (χ1v) is 11.3. The zero-order valence-electron chi connectivity index (χ0n) is 14.6. The molecule has 8 heteroatoms. The molecular formula is C19H17FN4S3. The third kappa shape index (κ3) is 4.34. The predicted octanol–water partition coefficient (Wildman–Crippen LogP) is 5.63. The number of hydrogen-bond acceptors (Lipinski definition) is 6. The van der Waals surface area contributed by atoms with Crippen molar-refractivity contribution in [2.45, 2.75) is 34.5 Å². The Morgan fingerprint density at radius 3 is 2.74 bits per heavy atom. The maximum absolute atomic E-state index is 13.3. The van der Waals surface area contributed by atoms with Crippen LogP contribution in [-0.4, -0.2) is 19.7 Å². The Kier molecular flexibility index (Phi) is 5.75. The van der Waals surface area contributed by atoms with Gasteiger partial charge in [0.15, 0.2) is 9.50 Å². The molecule has 0 saturated carbocycles. The van der Waals surface area contributed by atoms with Crippen LogP contribution in [-0.2, 0) is 18.1 Å². The van der Waals surface area contributed by atoms with Crippen molar-refractivity contribution in [3.8, 4) is 0 Å². The molecule has 0 spiro atoms. The van der Waals surface area contributed by atoms with E-state index in [4.69, 9.17) is 0 Å². The normalized spacial score (nSPS) is 11.3. The molecule has 4 rings (SSSR count). The van der Waals surface area contributed by atoms with Gasteiger partial charge in [-0.2, -0.15) is 0 Å². The Hall–Kier alpha value is -1.90. The molecule has 0 saturated heterocycles. The third-order valence-corrected chi connectivity index (χ3v) is 7.18. The summed E-state index contributed by atoms with van der Waals surface area (Å²) in [6, 6.07) is 14.8. The molecule has 0 aliphatic carbocycles. The fourth-order valence-electron chi connectivity index (χ4n) is 2.66. The monoisotopic (exact) mass is 416 g/mol. The predicted molar refractivity (Wildman–Crippen MR) is 111 cm³/mol. The summed E-state index contributed by atoms with van der Waals surface area (Å²) in [6.07, 6.45) is 0. The summed E-state index contributed by atoms with van der Waals surface area (Å²) < 4.78 is 17.7. The Morgan fingerprint density at radius 1 is 1.04 bits per heavy atom. The topological polar surface area (TPSA) is 43.6 Å². The van der Waals surface area contributed by atoms with E-state index in [1.807, 2.05) is 24.3 Å². The first kappa shape index (κ1) is 18.5. The number of fused-ring (bicyclic) bond motifs is 1. The van der Waals surface area contributed by atoms with Gasteiger partial charge in [-0.25, -0.2) is 9.37 Å². The van der Waals surface area contributed by atoms with E-state index >= 15 is 0 Å². The van der Waals surface area contributed by atoms with Crippen LogP contribution in [0.2, 0.25) is 0 Å². The molecule has 0 bridgehead atoms. The molecule has 0 amide bonds. The average molecular weight is 417 g/mol. The highest BCUT2D eigenvalue weighted by atomic mass is 32.2. The van der Waals surface area contributed by atoms with E-state index in [1.54, 1.807) is 47.0 Å². The Balaban J connectivity index is 1.44. The number of para-hydroxylation sites is 1. The van der Waals surface area contributed by atoms with Gasteiger partial charge in [0.25, 0.3) is 0 Å². The molecule has 0 aliphatic rings. The molecule has 0 unspecified atom stereocenters. The molecule has 27 heavy (non-hydrogen) atoms. The molecule has 4 aromatic rings. The van der Waals surface area contributed by atoms with Crippen molar-refractivity contribution in [1.82, 2.24) is 19.7 Å². The van der Waals surface area contributed by atoms with Gasteiger partial charge in [0.1, 0.15) is 11.6 Å². The van der Waals surface area contributed by atoms with Crippen molar-refractivity contribution in [2.24, 2.45) is 0 Å². The van der Waals surface area contributed by atoms with Gasteiger partial charge in [-0.05, 0) is 36.8 Å². The fourth-order valence-corrected chi connectivity index (χ4v) is 5.64. The molecular weight excluding hydrogens is 399 g/mol. The number of benzene rings is 2. The van der Waals surface area contributed by atoms with Crippen molar-refractivity contribution in [1.29, 1.82) is 0 Å². The Bertz CT molecular complexity index is 1030. The molecule has 0 fully saturated rings. The van der Waals surface area contributed by atoms with Gasteiger partial charge in [0.05, 0.1) is 16.0 Å². The van der Waals surface area contributed by atoms with Crippen LogP contribution in [0.1, 0.15) is 18.3 Å². The molecule has 2 aromatic carbocycles. The maximum atomic E-state index is 13.3. The van der Waals surface area contributed by atoms with Crippen molar-refractivity contribution < 1.29 is 4.39 Å². The number of nitrogens with zero attached hydrogens (tertiary/aromatic N) is 4. The number of hydrogen-bond donors (Lipinski definition) is 0. The second-order valence-corrected chi connectivity index (χ2v) is 8.99. The molecule has 138 valence electrons. The number of halogens is 1. The van der Waals surface area contributed by atoms with Gasteiger partial charge in [0, 0.05) is 12.3 Å². The minimum atomic E-state index is -0.210. The van der Waals surface area contributed by atoms with Crippen molar-refractivity contribution in [3.05, 3.63) is 65.7 Å².